The third kappa shape index (κ3) is 5.81. The van der Waals surface area contributed by atoms with E-state index in [0.717, 1.165) is 29.0 Å². The number of alkyl halides is 2. The lowest BCUT2D eigenvalue weighted by Gasteiger charge is -2.10. The van der Waals surface area contributed by atoms with E-state index in [1.165, 1.54) is 12.1 Å². The molecule has 0 spiro atoms. The summed E-state index contributed by atoms with van der Waals surface area (Å²) in [6.45, 7) is 3.00. The first-order chi connectivity index (χ1) is 15.2. The molecule has 168 valence electrons. The Bertz CT molecular complexity index is 1110. The van der Waals surface area contributed by atoms with Crippen molar-refractivity contribution in [3.63, 3.8) is 0 Å². The monoisotopic (exact) mass is 446 g/mol. The maximum Gasteiger partial charge on any atom is 0.291 e. The van der Waals surface area contributed by atoms with Crippen LogP contribution in [-0.2, 0) is 6.61 Å². The van der Waals surface area contributed by atoms with Crippen molar-refractivity contribution < 1.29 is 32.4 Å². The Morgan fingerprint density at radius 2 is 1.84 bits per heavy atom. The molecular formula is C22H20F2N2O6. The van der Waals surface area contributed by atoms with Crippen LogP contribution in [-0.4, -0.2) is 23.9 Å². The first-order valence-electron chi connectivity index (χ1n) is 9.52. The lowest BCUT2D eigenvalue weighted by Crippen LogP contribution is -2.12. The van der Waals surface area contributed by atoms with Crippen molar-refractivity contribution in [3.8, 4) is 11.5 Å². The number of carbonyl (C=O) groups excluding carboxylic acids is 1. The number of nitro groups is 1. The minimum atomic E-state index is -2.75. The molecule has 2 aromatic carbocycles. The first-order valence-corrected chi connectivity index (χ1v) is 9.52. The van der Waals surface area contributed by atoms with Crippen molar-refractivity contribution in [3.05, 3.63) is 81.3 Å². The summed E-state index contributed by atoms with van der Waals surface area (Å²) in [6, 6.07) is 12.1. The number of amides is 1. The highest BCUT2D eigenvalue weighted by Gasteiger charge is 2.17. The number of hydrogen-bond acceptors (Lipinski definition) is 6. The largest absolute Gasteiger partial charge is 0.487 e. The number of nitrogens with one attached hydrogen (secondary N) is 1. The molecule has 0 fully saturated rings. The van der Waals surface area contributed by atoms with E-state index in [4.69, 9.17) is 13.9 Å². The molecule has 1 heterocycles. The molecule has 0 saturated carbocycles. The van der Waals surface area contributed by atoms with E-state index in [1.54, 1.807) is 6.07 Å². The van der Waals surface area contributed by atoms with Gasteiger partial charge in [0.25, 0.3) is 18.0 Å². The molecule has 0 saturated heterocycles. The Kier molecular flexibility index (Phi) is 7.04. The van der Waals surface area contributed by atoms with Gasteiger partial charge in [0.1, 0.15) is 30.5 Å². The summed E-state index contributed by atoms with van der Waals surface area (Å²) >= 11 is 0. The van der Waals surface area contributed by atoms with E-state index < -0.39 is 29.6 Å². The zero-order valence-corrected chi connectivity index (χ0v) is 17.3. The van der Waals surface area contributed by atoms with Crippen LogP contribution in [0, 0.1) is 24.0 Å². The van der Waals surface area contributed by atoms with E-state index >= 15 is 0 Å². The number of rotatable bonds is 9. The van der Waals surface area contributed by atoms with Gasteiger partial charge in [-0.25, -0.2) is 8.78 Å². The summed E-state index contributed by atoms with van der Waals surface area (Å²) < 4.78 is 40.9. The normalized spacial score (nSPS) is 10.8. The number of aryl methyl sites for hydroxylation is 2. The maximum absolute atomic E-state index is 12.5. The number of nitro benzene ring substituents is 1. The van der Waals surface area contributed by atoms with Crippen LogP contribution < -0.4 is 14.8 Å². The number of hydrogen-bond donors (Lipinski definition) is 1. The lowest BCUT2D eigenvalue weighted by molar-refractivity contribution is -0.384. The first kappa shape index (κ1) is 22.7. The van der Waals surface area contributed by atoms with Gasteiger partial charge in [0, 0.05) is 12.1 Å². The van der Waals surface area contributed by atoms with E-state index in [9.17, 15) is 23.7 Å². The molecule has 0 atom stereocenters. The molecule has 10 heteroatoms. The Hall–Kier alpha value is -3.95. The third-order valence-electron chi connectivity index (χ3n) is 4.39. The fourth-order valence-corrected chi connectivity index (χ4v) is 2.94. The molecule has 3 rings (SSSR count). The molecule has 0 bridgehead atoms. The molecule has 1 aromatic heterocycles. The molecule has 0 aliphatic rings. The maximum atomic E-state index is 12.5. The van der Waals surface area contributed by atoms with Crippen LogP contribution in [0.5, 0.6) is 11.5 Å². The molecule has 32 heavy (non-hydrogen) atoms. The molecule has 0 unspecified atom stereocenters. The number of non-ortho nitro benzene ring substituents is 1. The van der Waals surface area contributed by atoms with Crippen molar-refractivity contribution in [1.82, 2.24) is 0 Å². The predicted octanol–water partition coefficient (Wildman–Crippen LogP) is 5.28. The lowest BCUT2D eigenvalue weighted by atomic mass is 10.1. The molecular weight excluding hydrogens is 426 g/mol. The van der Waals surface area contributed by atoms with E-state index in [-0.39, 0.29) is 23.8 Å². The number of carbonyl (C=O) groups is 1. The van der Waals surface area contributed by atoms with Gasteiger partial charge in [-0.05, 0) is 37.1 Å². The van der Waals surface area contributed by atoms with Gasteiger partial charge in [0.2, 0.25) is 0 Å². The molecule has 8 nitrogen and oxygen atoms in total. The van der Waals surface area contributed by atoms with Gasteiger partial charge in [-0.15, -0.1) is 0 Å². The zero-order chi connectivity index (χ0) is 23.3. The van der Waals surface area contributed by atoms with Gasteiger partial charge in [0.05, 0.1) is 16.7 Å². The second-order valence-corrected chi connectivity index (χ2v) is 6.90. The van der Waals surface area contributed by atoms with Gasteiger partial charge in [0.15, 0.2) is 5.76 Å². The number of anilines is 1. The Labute approximate surface area is 181 Å². The second kappa shape index (κ2) is 9.90. The van der Waals surface area contributed by atoms with Gasteiger partial charge in [-0.2, -0.15) is 0 Å². The summed E-state index contributed by atoms with van der Waals surface area (Å²) in [5, 5.41) is 13.5. The van der Waals surface area contributed by atoms with Crippen molar-refractivity contribution >= 4 is 17.3 Å². The fraction of sp³-hybridized carbons (Fsp3) is 0.227. The van der Waals surface area contributed by atoms with Crippen molar-refractivity contribution in [1.29, 1.82) is 0 Å². The molecule has 0 aliphatic carbocycles. The summed E-state index contributed by atoms with van der Waals surface area (Å²) in [7, 11) is 0. The van der Waals surface area contributed by atoms with Crippen LogP contribution in [0.4, 0.5) is 20.2 Å². The zero-order valence-electron chi connectivity index (χ0n) is 17.3. The molecule has 3 aromatic rings. The summed E-state index contributed by atoms with van der Waals surface area (Å²) in [4.78, 5) is 22.9. The van der Waals surface area contributed by atoms with Crippen molar-refractivity contribution in [2.75, 3.05) is 11.9 Å². The minimum Gasteiger partial charge on any atom is -0.487 e. The SMILES string of the molecule is Cc1cccc(C)c1OCc1ccc(C(=O)Nc2cc(OCC(F)F)cc([N+](=O)[O-])c2)o1. The summed E-state index contributed by atoms with van der Waals surface area (Å²) in [5.74, 6) is 0.229. The number of halogens is 2. The summed E-state index contributed by atoms with van der Waals surface area (Å²) in [6.07, 6.45) is -2.75. The van der Waals surface area contributed by atoms with Gasteiger partial charge in [-0.1, -0.05) is 18.2 Å². The second-order valence-electron chi connectivity index (χ2n) is 6.90. The van der Waals surface area contributed by atoms with Crippen LogP contribution in [0.15, 0.2) is 52.9 Å². The summed E-state index contributed by atoms with van der Waals surface area (Å²) in [5.41, 5.74) is 1.50. The molecule has 1 amide bonds. The van der Waals surface area contributed by atoms with Crippen molar-refractivity contribution in [2.45, 2.75) is 26.9 Å². The van der Waals surface area contributed by atoms with E-state index in [0.29, 0.717) is 5.76 Å². The number of benzene rings is 2. The number of nitrogens with zero attached hydrogens (tertiary/aromatic N) is 1. The highest BCUT2D eigenvalue weighted by atomic mass is 19.3. The van der Waals surface area contributed by atoms with Crippen LogP contribution in [0.2, 0.25) is 0 Å². The Balaban J connectivity index is 1.69. The van der Waals surface area contributed by atoms with E-state index in [1.807, 2.05) is 32.0 Å². The molecule has 0 aliphatic heterocycles. The Morgan fingerprint density at radius 1 is 1.12 bits per heavy atom. The third-order valence-corrected chi connectivity index (χ3v) is 4.39. The quantitative estimate of drug-likeness (QED) is 0.354. The smallest absolute Gasteiger partial charge is 0.291 e. The van der Waals surface area contributed by atoms with Gasteiger partial charge in [-0.3, -0.25) is 14.9 Å². The number of furan rings is 1. The minimum absolute atomic E-state index is 0.00167. The molecule has 0 radical (unpaired) electrons. The van der Waals surface area contributed by atoms with Crippen LogP contribution in [0.1, 0.15) is 27.4 Å². The topological polar surface area (TPSA) is 104 Å². The highest BCUT2D eigenvalue weighted by Crippen LogP contribution is 2.27. The average molecular weight is 446 g/mol. The van der Waals surface area contributed by atoms with Crippen LogP contribution in [0.3, 0.4) is 0 Å². The van der Waals surface area contributed by atoms with E-state index in [2.05, 4.69) is 5.32 Å². The van der Waals surface area contributed by atoms with Gasteiger partial charge < -0.3 is 19.2 Å². The number of ether oxygens (including phenoxy) is 2. The number of para-hydroxylation sites is 1. The average Bonchev–Trinajstić information content (AvgIpc) is 3.21. The van der Waals surface area contributed by atoms with Crippen LogP contribution >= 0.6 is 0 Å². The van der Waals surface area contributed by atoms with Crippen molar-refractivity contribution in [2.24, 2.45) is 0 Å². The molecule has 1 N–H and O–H groups in total. The van der Waals surface area contributed by atoms with Gasteiger partial charge >= 0.3 is 0 Å². The van der Waals surface area contributed by atoms with Crippen LogP contribution in [0.25, 0.3) is 0 Å². The Morgan fingerprint density at radius 3 is 2.50 bits per heavy atom. The predicted molar refractivity (Wildman–Crippen MR) is 112 cm³/mol. The standard InChI is InChI=1S/C22H20F2N2O6/c1-13-4-3-5-14(2)21(13)31-11-17-6-7-19(32-17)22(27)25-15-8-16(26(28)29)10-18(9-15)30-12-20(23)24/h3-10,20H,11-12H2,1-2H3,(H,25,27). The fourth-order valence-electron chi connectivity index (χ4n) is 2.94. The highest BCUT2D eigenvalue weighted by molar-refractivity contribution is 6.02.